The van der Waals surface area contributed by atoms with Crippen LogP contribution in [0.3, 0.4) is 0 Å². The Morgan fingerprint density at radius 2 is 1.81 bits per heavy atom. The van der Waals surface area contributed by atoms with Crippen molar-refractivity contribution in [1.29, 1.82) is 0 Å². The Kier molecular flexibility index (Phi) is 9.70. The number of rotatable bonds is 8. The maximum Gasteiger partial charge on any atom is 0.243 e. The number of piperidine rings is 1. The summed E-state index contributed by atoms with van der Waals surface area (Å²) in [5, 5.41) is 6.93. The van der Waals surface area contributed by atoms with Crippen molar-refractivity contribution < 1.29 is 13.9 Å². The third kappa shape index (κ3) is 8.37. The number of carbonyl (C=O) groups is 1. The molecule has 178 valence electrons. The van der Waals surface area contributed by atoms with E-state index in [1.165, 1.54) is 12.1 Å². The molecule has 0 radical (unpaired) electrons. The van der Waals surface area contributed by atoms with E-state index < -0.39 is 0 Å². The topological polar surface area (TPSA) is 72.4 Å². The molecule has 9 heteroatoms. The van der Waals surface area contributed by atoms with E-state index in [0.29, 0.717) is 12.0 Å². The van der Waals surface area contributed by atoms with Gasteiger partial charge < -0.3 is 20.3 Å². The lowest BCUT2D eigenvalue weighted by atomic mass is 10.0. The maximum atomic E-state index is 13.1. The first kappa shape index (κ1) is 24.4. The fourth-order valence-corrected chi connectivity index (χ4v) is 3.87. The summed E-state index contributed by atoms with van der Waals surface area (Å²) in [7, 11) is 3.49. The average Bonchev–Trinajstić information content (AvgIpc) is 2.80. The Morgan fingerprint density at radius 3 is 2.47 bits per heavy atom. The van der Waals surface area contributed by atoms with Gasteiger partial charge in [0.2, 0.25) is 5.91 Å². The lowest BCUT2D eigenvalue weighted by Gasteiger charge is -2.33. The zero-order valence-electron chi connectivity index (χ0n) is 19.4. The number of morpholine rings is 1. The van der Waals surface area contributed by atoms with E-state index in [1.807, 2.05) is 12.1 Å². The van der Waals surface area contributed by atoms with Gasteiger partial charge in [-0.15, -0.1) is 0 Å². The van der Waals surface area contributed by atoms with E-state index >= 15 is 0 Å². The number of amides is 1. The van der Waals surface area contributed by atoms with Gasteiger partial charge in [-0.05, 0) is 30.5 Å². The highest BCUT2D eigenvalue weighted by Crippen LogP contribution is 2.14. The summed E-state index contributed by atoms with van der Waals surface area (Å²) in [6, 6.07) is 7.05. The van der Waals surface area contributed by atoms with Crippen molar-refractivity contribution in [3.63, 3.8) is 0 Å². The molecule has 0 bridgehead atoms. The van der Waals surface area contributed by atoms with Gasteiger partial charge in [0.25, 0.3) is 0 Å². The molecular formula is C23H37FN6O2. The molecule has 2 saturated heterocycles. The van der Waals surface area contributed by atoms with E-state index in [9.17, 15) is 9.18 Å². The maximum absolute atomic E-state index is 13.1. The second kappa shape index (κ2) is 12.7. The van der Waals surface area contributed by atoms with Crippen LogP contribution in [0.15, 0.2) is 29.3 Å². The molecule has 32 heavy (non-hydrogen) atoms. The van der Waals surface area contributed by atoms with Crippen molar-refractivity contribution in [2.45, 2.75) is 25.4 Å². The number of hydrogen-bond donors (Lipinski definition) is 2. The number of likely N-dealkylation sites (N-methyl/N-ethyl adjacent to an activating group) is 1. The van der Waals surface area contributed by atoms with Crippen LogP contribution in [0.25, 0.3) is 0 Å². The number of aliphatic imine (C=N–C) groups is 1. The fraction of sp³-hybridized carbons (Fsp3) is 0.652. The number of nitrogens with zero attached hydrogens (tertiary/aromatic N) is 4. The number of nitrogens with one attached hydrogen (secondary N) is 2. The number of benzene rings is 1. The standard InChI is InChI=1S/C23H37FN6O2/c1-28(2)22(31)17-26-23(25-9-12-29-13-15-32-16-14-29)27-21-7-10-30(11-8-21)18-19-3-5-20(24)6-4-19/h3-6,21H,7-18H2,1-2H3,(H2,25,26,27). The Bertz CT molecular complexity index is 729. The number of halogens is 1. The van der Waals surface area contributed by atoms with Crippen LogP contribution in [0, 0.1) is 5.82 Å². The molecule has 2 aliphatic rings. The molecule has 8 nitrogen and oxygen atoms in total. The second-order valence-electron chi connectivity index (χ2n) is 8.66. The Balaban J connectivity index is 1.46. The molecule has 0 aliphatic carbocycles. The molecular weight excluding hydrogens is 411 g/mol. The second-order valence-corrected chi connectivity index (χ2v) is 8.66. The van der Waals surface area contributed by atoms with Gasteiger partial charge in [-0.2, -0.15) is 0 Å². The van der Waals surface area contributed by atoms with Gasteiger partial charge in [-0.3, -0.25) is 14.6 Å². The van der Waals surface area contributed by atoms with Gasteiger partial charge in [0.1, 0.15) is 12.4 Å². The largest absolute Gasteiger partial charge is 0.379 e. The molecule has 2 fully saturated rings. The lowest BCUT2D eigenvalue weighted by molar-refractivity contribution is -0.127. The molecule has 0 saturated carbocycles. The summed E-state index contributed by atoms with van der Waals surface area (Å²) in [5.74, 6) is 0.483. The van der Waals surface area contributed by atoms with Crippen molar-refractivity contribution in [3.8, 4) is 0 Å². The van der Waals surface area contributed by atoms with Crippen LogP contribution < -0.4 is 10.6 Å². The molecule has 1 aromatic rings. The zero-order chi connectivity index (χ0) is 22.8. The number of carbonyl (C=O) groups excluding carboxylic acids is 1. The summed E-state index contributed by atoms with van der Waals surface area (Å²) >= 11 is 0. The van der Waals surface area contributed by atoms with Crippen molar-refractivity contribution in [3.05, 3.63) is 35.6 Å². The highest BCUT2D eigenvalue weighted by atomic mass is 19.1. The molecule has 0 atom stereocenters. The summed E-state index contributed by atoms with van der Waals surface area (Å²) in [5.41, 5.74) is 1.13. The SMILES string of the molecule is CN(C)C(=O)CN=C(NCCN1CCOCC1)NC1CCN(Cc2ccc(F)cc2)CC1. The van der Waals surface area contributed by atoms with Crippen molar-refractivity contribution in [1.82, 2.24) is 25.3 Å². The number of hydrogen-bond acceptors (Lipinski definition) is 5. The number of likely N-dealkylation sites (tertiary alicyclic amines) is 1. The van der Waals surface area contributed by atoms with Gasteiger partial charge >= 0.3 is 0 Å². The van der Waals surface area contributed by atoms with Crippen LogP contribution in [-0.2, 0) is 16.1 Å². The van der Waals surface area contributed by atoms with Gasteiger partial charge in [-0.25, -0.2) is 9.38 Å². The first-order chi connectivity index (χ1) is 15.5. The van der Waals surface area contributed by atoms with Gasteiger partial charge in [0, 0.05) is 66.0 Å². The van der Waals surface area contributed by atoms with Crippen molar-refractivity contribution in [2.24, 2.45) is 4.99 Å². The van der Waals surface area contributed by atoms with E-state index in [4.69, 9.17) is 4.74 Å². The van der Waals surface area contributed by atoms with Crippen molar-refractivity contribution in [2.75, 3.05) is 73.1 Å². The minimum Gasteiger partial charge on any atom is -0.379 e. The average molecular weight is 449 g/mol. The lowest BCUT2D eigenvalue weighted by Crippen LogP contribution is -2.50. The van der Waals surface area contributed by atoms with Crippen LogP contribution in [0.2, 0.25) is 0 Å². The molecule has 1 amide bonds. The predicted octanol–water partition coefficient (Wildman–Crippen LogP) is 0.746. The highest BCUT2D eigenvalue weighted by Gasteiger charge is 2.20. The van der Waals surface area contributed by atoms with E-state index in [-0.39, 0.29) is 18.3 Å². The fourth-order valence-electron chi connectivity index (χ4n) is 3.87. The first-order valence-electron chi connectivity index (χ1n) is 11.5. The highest BCUT2D eigenvalue weighted by molar-refractivity contribution is 5.84. The quantitative estimate of drug-likeness (QED) is 0.452. The minimum absolute atomic E-state index is 0.0200. The monoisotopic (exact) mass is 448 g/mol. The normalized spacial score (nSPS) is 19.0. The molecule has 2 heterocycles. The van der Waals surface area contributed by atoms with Crippen LogP contribution >= 0.6 is 0 Å². The van der Waals surface area contributed by atoms with Gasteiger partial charge in [-0.1, -0.05) is 12.1 Å². The van der Waals surface area contributed by atoms with Crippen LogP contribution in [0.5, 0.6) is 0 Å². The third-order valence-corrected chi connectivity index (χ3v) is 5.94. The minimum atomic E-state index is -0.197. The summed E-state index contributed by atoms with van der Waals surface area (Å²) < 4.78 is 18.5. The molecule has 1 aromatic carbocycles. The summed E-state index contributed by atoms with van der Waals surface area (Å²) in [4.78, 5) is 22.9. The molecule has 0 aromatic heterocycles. The van der Waals surface area contributed by atoms with Crippen LogP contribution in [0.1, 0.15) is 18.4 Å². The van der Waals surface area contributed by atoms with Crippen molar-refractivity contribution >= 4 is 11.9 Å². The third-order valence-electron chi connectivity index (χ3n) is 5.94. The molecule has 0 spiro atoms. The number of ether oxygens (including phenoxy) is 1. The number of guanidine groups is 1. The Hall–Kier alpha value is -2.23. The van der Waals surface area contributed by atoms with Crippen LogP contribution in [-0.4, -0.2) is 106 Å². The van der Waals surface area contributed by atoms with E-state index in [0.717, 1.165) is 77.4 Å². The van der Waals surface area contributed by atoms with E-state index in [2.05, 4.69) is 25.4 Å². The molecule has 2 aliphatic heterocycles. The van der Waals surface area contributed by atoms with Gasteiger partial charge in [0.05, 0.1) is 13.2 Å². The Labute approximate surface area is 190 Å². The molecule has 3 rings (SSSR count). The molecule has 0 unspecified atom stereocenters. The zero-order valence-corrected chi connectivity index (χ0v) is 19.4. The first-order valence-corrected chi connectivity index (χ1v) is 11.5. The Morgan fingerprint density at radius 1 is 1.12 bits per heavy atom. The summed E-state index contributed by atoms with van der Waals surface area (Å²) in [6.45, 7) is 8.06. The van der Waals surface area contributed by atoms with Gasteiger partial charge in [0.15, 0.2) is 5.96 Å². The smallest absolute Gasteiger partial charge is 0.243 e. The van der Waals surface area contributed by atoms with E-state index in [1.54, 1.807) is 19.0 Å². The predicted molar refractivity (Wildman–Crippen MR) is 124 cm³/mol. The molecule has 2 N–H and O–H groups in total. The van der Waals surface area contributed by atoms with Crippen LogP contribution in [0.4, 0.5) is 4.39 Å². The summed E-state index contributed by atoms with van der Waals surface area (Å²) in [6.07, 6.45) is 1.99.